The maximum absolute atomic E-state index is 11.9. The number of amides is 1. The first kappa shape index (κ1) is 15.7. The van der Waals surface area contributed by atoms with E-state index >= 15 is 0 Å². The van der Waals surface area contributed by atoms with Crippen LogP contribution in [0.25, 0.3) is 0 Å². The maximum atomic E-state index is 11.9. The third-order valence-corrected chi connectivity index (χ3v) is 4.46. The quantitative estimate of drug-likeness (QED) is 0.849. The lowest BCUT2D eigenvalue weighted by Gasteiger charge is -2.31. The zero-order chi connectivity index (χ0) is 16.1. The number of nitrogens with zero attached hydrogens (tertiary/aromatic N) is 5. The largest absolute Gasteiger partial charge is 0.354 e. The Morgan fingerprint density at radius 2 is 2.22 bits per heavy atom. The molecular weight excluding hydrogens is 292 g/mol. The smallest absolute Gasteiger partial charge is 0.241 e. The molecule has 3 rings (SSSR count). The Morgan fingerprint density at radius 3 is 2.87 bits per heavy atom. The Labute approximate surface area is 136 Å². The molecule has 7 nitrogen and oxygen atoms in total. The molecule has 0 spiro atoms. The monoisotopic (exact) mass is 316 g/mol. The summed E-state index contributed by atoms with van der Waals surface area (Å²) in [6, 6.07) is 1.82. The second-order valence-corrected chi connectivity index (χ2v) is 6.22. The molecule has 2 aromatic rings. The van der Waals surface area contributed by atoms with Crippen LogP contribution in [0.4, 0.5) is 0 Å². The molecule has 0 radical (unpaired) electrons. The van der Waals surface area contributed by atoms with Crippen LogP contribution in [0, 0.1) is 5.92 Å². The molecule has 1 N–H and O–H groups in total. The van der Waals surface area contributed by atoms with E-state index in [1.165, 1.54) is 5.69 Å². The zero-order valence-corrected chi connectivity index (χ0v) is 13.6. The molecule has 1 aliphatic heterocycles. The normalized spacial score (nSPS) is 16.6. The van der Waals surface area contributed by atoms with Crippen LogP contribution in [0.3, 0.4) is 0 Å². The average Bonchev–Trinajstić information content (AvgIpc) is 3.19. The molecule has 124 valence electrons. The van der Waals surface area contributed by atoms with E-state index in [2.05, 4.69) is 24.9 Å². The summed E-state index contributed by atoms with van der Waals surface area (Å²) in [5, 5.41) is 7.07. The van der Waals surface area contributed by atoms with Gasteiger partial charge in [0.2, 0.25) is 5.91 Å². The number of piperidine rings is 1. The van der Waals surface area contributed by atoms with Gasteiger partial charge in [-0.15, -0.1) is 0 Å². The van der Waals surface area contributed by atoms with Crippen LogP contribution in [-0.4, -0.2) is 49.8 Å². The van der Waals surface area contributed by atoms with Crippen LogP contribution in [0.2, 0.25) is 0 Å². The van der Waals surface area contributed by atoms with Crippen molar-refractivity contribution in [2.45, 2.75) is 25.9 Å². The lowest BCUT2D eigenvalue weighted by Crippen LogP contribution is -2.39. The van der Waals surface area contributed by atoms with Crippen LogP contribution in [0.5, 0.6) is 0 Å². The van der Waals surface area contributed by atoms with Gasteiger partial charge in [0.1, 0.15) is 6.54 Å². The van der Waals surface area contributed by atoms with Gasteiger partial charge in [-0.05, 0) is 37.9 Å². The molecule has 1 amide bonds. The van der Waals surface area contributed by atoms with E-state index in [1.54, 1.807) is 17.1 Å². The van der Waals surface area contributed by atoms with Crippen LogP contribution in [0.1, 0.15) is 18.5 Å². The minimum atomic E-state index is 0.0333. The predicted molar refractivity (Wildman–Crippen MR) is 86.4 cm³/mol. The summed E-state index contributed by atoms with van der Waals surface area (Å²) in [7, 11) is 2.03. The molecule has 0 aromatic carbocycles. The van der Waals surface area contributed by atoms with Crippen molar-refractivity contribution in [1.82, 2.24) is 29.5 Å². The summed E-state index contributed by atoms with van der Waals surface area (Å²) in [5.41, 5.74) is 1.25. The maximum Gasteiger partial charge on any atom is 0.241 e. The van der Waals surface area contributed by atoms with Gasteiger partial charge in [0.25, 0.3) is 0 Å². The van der Waals surface area contributed by atoms with E-state index in [0.717, 1.165) is 39.0 Å². The lowest BCUT2D eigenvalue weighted by molar-refractivity contribution is -0.122. The number of aryl methyl sites for hydroxylation is 1. The van der Waals surface area contributed by atoms with Gasteiger partial charge in [-0.1, -0.05) is 0 Å². The van der Waals surface area contributed by atoms with Gasteiger partial charge in [-0.2, -0.15) is 5.10 Å². The van der Waals surface area contributed by atoms with Crippen LogP contribution in [0.15, 0.2) is 31.0 Å². The Morgan fingerprint density at radius 1 is 1.39 bits per heavy atom. The van der Waals surface area contributed by atoms with Crippen molar-refractivity contribution >= 4 is 5.91 Å². The molecule has 1 aliphatic rings. The first-order valence-electron chi connectivity index (χ1n) is 8.12. The van der Waals surface area contributed by atoms with Crippen molar-refractivity contribution in [2.75, 3.05) is 19.6 Å². The number of carbonyl (C=O) groups excluding carboxylic acids is 1. The van der Waals surface area contributed by atoms with Gasteiger partial charge in [-0.25, -0.2) is 4.98 Å². The van der Waals surface area contributed by atoms with E-state index in [9.17, 15) is 4.79 Å². The van der Waals surface area contributed by atoms with Crippen molar-refractivity contribution in [3.63, 3.8) is 0 Å². The molecule has 0 saturated carbocycles. The van der Waals surface area contributed by atoms with E-state index in [4.69, 9.17) is 0 Å². The highest BCUT2D eigenvalue weighted by Crippen LogP contribution is 2.18. The Kier molecular flexibility index (Phi) is 5.07. The summed E-state index contributed by atoms with van der Waals surface area (Å²) in [4.78, 5) is 18.5. The van der Waals surface area contributed by atoms with Crippen molar-refractivity contribution in [1.29, 1.82) is 0 Å². The van der Waals surface area contributed by atoms with Gasteiger partial charge in [0, 0.05) is 38.7 Å². The summed E-state index contributed by atoms with van der Waals surface area (Å²) >= 11 is 0. The molecule has 0 atom stereocenters. The summed E-state index contributed by atoms with van der Waals surface area (Å²) < 4.78 is 3.72. The Bertz CT molecular complexity index is 612. The highest BCUT2D eigenvalue weighted by molar-refractivity contribution is 5.75. The molecule has 0 unspecified atom stereocenters. The first-order chi connectivity index (χ1) is 11.2. The number of carbonyl (C=O) groups is 1. The molecule has 2 aromatic heterocycles. The lowest BCUT2D eigenvalue weighted by atomic mass is 9.96. The molecule has 1 fully saturated rings. The molecule has 23 heavy (non-hydrogen) atoms. The molecular formula is C16H24N6O. The fourth-order valence-corrected chi connectivity index (χ4v) is 2.97. The zero-order valence-electron chi connectivity index (χ0n) is 13.6. The van der Waals surface area contributed by atoms with E-state index < -0.39 is 0 Å². The Hall–Kier alpha value is -2.15. The number of rotatable bonds is 6. The second-order valence-electron chi connectivity index (χ2n) is 6.22. The van der Waals surface area contributed by atoms with Crippen molar-refractivity contribution in [3.05, 3.63) is 36.7 Å². The number of hydrogen-bond acceptors (Lipinski definition) is 4. The van der Waals surface area contributed by atoms with Gasteiger partial charge in [0.05, 0.1) is 12.0 Å². The first-order valence-corrected chi connectivity index (χ1v) is 8.12. The molecule has 3 heterocycles. The van der Waals surface area contributed by atoms with Crippen LogP contribution < -0.4 is 5.32 Å². The van der Waals surface area contributed by atoms with E-state index in [0.29, 0.717) is 12.5 Å². The van der Waals surface area contributed by atoms with Gasteiger partial charge >= 0.3 is 0 Å². The van der Waals surface area contributed by atoms with E-state index in [-0.39, 0.29) is 5.91 Å². The topological polar surface area (TPSA) is 68.0 Å². The number of likely N-dealkylation sites (tertiary alicyclic amines) is 1. The number of nitrogens with one attached hydrogen (secondary N) is 1. The van der Waals surface area contributed by atoms with Gasteiger partial charge in [0.15, 0.2) is 0 Å². The second kappa shape index (κ2) is 7.41. The van der Waals surface area contributed by atoms with Crippen molar-refractivity contribution in [3.8, 4) is 0 Å². The summed E-state index contributed by atoms with van der Waals surface area (Å²) in [5.74, 6) is 0.602. The highest BCUT2D eigenvalue weighted by atomic mass is 16.2. The molecule has 0 bridgehead atoms. The molecule has 7 heteroatoms. The fourth-order valence-electron chi connectivity index (χ4n) is 2.97. The Balaban J connectivity index is 1.36. The number of imidazole rings is 1. The summed E-state index contributed by atoms with van der Waals surface area (Å²) in [6.45, 7) is 4.16. The molecule has 1 saturated heterocycles. The minimum absolute atomic E-state index is 0.0333. The fraction of sp³-hybridized carbons (Fsp3) is 0.562. The number of aromatic nitrogens is 4. The van der Waals surface area contributed by atoms with E-state index in [1.807, 2.05) is 25.6 Å². The van der Waals surface area contributed by atoms with Crippen LogP contribution in [-0.2, 0) is 24.9 Å². The minimum Gasteiger partial charge on any atom is -0.354 e. The predicted octanol–water partition coefficient (Wildman–Crippen LogP) is 0.645. The van der Waals surface area contributed by atoms with Crippen LogP contribution >= 0.6 is 0 Å². The van der Waals surface area contributed by atoms with Crippen molar-refractivity contribution < 1.29 is 4.79 Å². The SMILES string of the molecule is Cn1cncc1CN1CCC(CNC(=O)Cn2cccn2)CC1. The van der Waals surface area contributed by atoms with Gasteiger partial charge < -0.3 is 9.88 Å². The third-order valence-electron chi connectivity index (χ3n) is 4.46. The summed E-state index contributed by atoms with van der Waals surface area (Å²) in [6.07, 6.45) is 9.51. The molecule has 0 aliphatic carbocycles. The average molecular weight is 316 g/mol. The highest BCUT2D eigenvalue weighted by Gasteiger charge is 2.20. The van der Waals surface area contributed by atoms with Crippen molar-refractivity contribution in [2.24, 2.45) is 13.0 Å². The van der Waals surface area contributed by atoms with Gasteiger partial charge in [-0.3, -0.25) is 14.4 Å². The number of hydrogen-bond donors (Lipinski definition) is 1. The third kappa shape index (κ3) is 4.41. The standard InChI is InChI=1S/C16H24N6O/c1-20-13-17-10-15(20)11-21-7-3-14(4-8-21)9-18-16(23)12-22-6-2-5-19-22/h2,5-6,10,13-14H,3-4,7-9,11-12H2,1H3,(H,18,23).